The molecule has 1 fully saturated rings. The Morgan fingerprint density at radius 3 is 2.44 bits per heavy atom. The molecule has 1 saturated heterocycles. The molecule has 0 radical (unpaired) electrons. The number of benzene rings is 2. The second kappa shape index (κ2) is 11.4. The van der Waals surface area contributed by atoms with Crippen molar-refractivity contribution in [2.75, 3.05) is 23.3 Å². The van der Waals surface area contributed by atoms with Crippen LogP contribution in [0.3, 0.4) is 0 Å². The number of carboxylic acid groups (broad SMARTS) is 1. The monoisotopic (exact) mass is 555 g/mol. The Bertz CT molecular complexity index is 1480. The quantitative estimate of drug-likeness (QED) is 0.253. The molecule has 39 heavy (non-hydrogen) atoms. The molecule has 0 spiro atoms. The number of rotatable bonds is 8. The van der Waals surface area contributed by atoms with Crippen LogP contribution in [0.5, 0.6) is 0 Å². The van der Waals surface area contributed by atoms with E-state index in [1.165, 1.54) is 24.4 Å². The average Bonchev–Trinajstić information content (AvgIpc) is 2.93. The summed E-state index contributed by atoms with van der Waals surface area (Å²) in [4.78, 5) is 26.3. The van der Waals surface area contributed by atoms with Gasteiger partial charge >= 0.3 is 5.97 Å². The van der Waals surface area contributed by atoms with Crippen LogP contribution in [-0.4, -0.2) is 45.5 Å². The minimum absolute atomic E-state index is 0.125. The SMILES string of the molecule is O=C(O)CC1CCN(c2ncc(-c3ccc4ncc(Cl)c(NC(c5ccccc5F)C(F)F)c4c3)cn2)CC1. The van der Waals surface area contributed by atoms with Gasteiger partial charge in [-0.2, -0.15) is 0 Å². The zero-order valence-corrected chi connectivity index (χ0v) is 21.5. The lowest BCUT2D eigenvalue weighted by molar-refractivity contribution is -0.138. The summed E-state index contributed by atoms with van der Waals surface area (Å²) >= 11 is 6.40. The molecule has 2 aromatic heterocycles. The standard InChI is InChI=1S/C28H25ClF3N5O2/c29-21-15-33-23-6-5-17(12-20(23)25(21)36-26(27(31)32)19-3-1-2-4-22(19)30)18-13-34-28(35-14-18)37-9-7-16(8-10-37)11-24(38)39/h1-6,12-16,26-27H,7-11H2,(H,33,36)(H,38,39). The normalized spacial score (nSPS) is 15.1. The van der Waals surface area contributed by atoms with Crippen LogP contribution in [0.4, 0.5) is 24.8 Å². The Morgan fingerprint density at radius 2 is 1.77 bits per heavy atom. The number of pyridine rings is 1. The maximum absolute atomic E-state index is 14.4. The van der Waals surface area contributed by atoms with Crippen molar-refractivity contribution in [2.24, 2.45) is 5.92 Å². The van der Waals surface area contributed by atoms with Gasteiger partial charge in [0, 0.05) is 54.6 Å². The van der Waals surface area contributed by atoms with Crippen molar-refractivity contribution in [3.63, 3.8) is 0 Å². The van der Waals surface area contributed by atoms with Crippen molar-refractivity contribution in [1.82, 2.24) is 15.0 Å². The first-order valence-corrected chi connectivity index (χ1v) is 12.8. The molecule has 1 atom stereocenters. The highest BCUT2D eigenvalue weighted by Gasteiger charge is 2.27. The molecule has 202 valence electrons. The van der Waals surface area contributed by atoms with E-state index in [-0.39, 0.29) is 28.6 Å². The molecule has 1 aliphatic heterocycles. The van der Waals surface area contributed by atoms with E-state index in [9.17, 15) is 18.0 Å². The number of aliphatic carboxylic acids is 1. The van der Waals surface area contributed by atoms with E-state index in [0.717, 1.165) is 24.5 Å². The molecule has 0 amide bonds. The second-order valence-corrected chi connectivity index (χ2v) is 9.90. The van der Waals surface area contributed by atoms with Gasteiger partial charge in [0.05, 0.1) is 16.2 Å². The molecule has 1 unspecified atom stereocenters. The van der Waals surface area contributed by atoms with Crippen LogP contribution in [-0.2, 0) is 4.79 Å². The molecule has 2 aromatic carbocycles. The van der Waals surface area contributed by atoms with Gasteiger partial charge in [-0.15, -0.1) is 0 Å². The lowest BCUT2D eigenvalue weighted by atomic mass is 9.94. The number of nitrogens with zero attached hydrogens (tertiary/aromatic N) is 4. The number of fused-ring (bicyclic) bond motifs is 1. The number of nitrogens with one attached hydrogen (secondary N) is 1. The van der Waals surface area contributed by atoms with Crippen LogP contribution >= 0.6 is 11.6 Å². The topological polar surface area (TPSA) is 91.2 Å². The molecule has 0 bridgehead atoms. The third-order valence-corrected chi connectivity index (χ3v) is 7.23. The maximum atomic E-state index is 14.4. The van der Waals surface area contributed by atoms with E-state index in [4.69, 9.17) is 16.7 Å². The van der Waals surface area contributed by atoms with Crippen LogP contribution < -0.4 is 10.2 Å². The fourth-order valence-electron chi connectivity index (χ4n) is 4.87. The molecule has 2 N–H and O–H groups in total. The van der Waals surface area contributed by atoms with Crippen LogP contribution in [0.15, 0.2) is 61.1 Å². The summed E-state index contributed by atoms with van der Waals surface area (Å²) < 4.78 is 42.5. The fourth-order valence-corrected chi connectivity index (χ4v) is 5.08. The first-order valence-electron chi connectivity index (χ1n) is 12.5. The van der Waals surface area contributed by atoms with Gasteiger partial charge in [-0.1, -0.05) is 35.9 Å². The van der Waals surface area contributed by atoms with E-state index < -0.39 is 24.3 Å². The van der Waals surface area contributed by atoms with Crippen LogP contribution in [0, 0.1) is 11.7 Å². The van der Waals surface area contributed by atoms with Gasteiger partial charge in [-0.25, -0.2) is 23.1 Å². The van der Waals surface area contributed by atoms with E-state index in [2.05, 4.69) is 20.3 Å². The van der Waals surface area contributed by atoms with Crippen molar-refractivity contribution in [3.05, 3.63) is 77.5 Å². The average molecular weight is 556 g/mol. The lowest BCUT2D eigenvalue weighted by Gasteiger charge is -2.31. The number of hydrogen-bond acceptors (Lipinski definition) is 6. The Hall–Kier alpha value is -3.92. The van der Waals surface area contributed by atoms with E-state index in [1.807, 2.05) is 11.0 Å². The fraction of sp³-hybridized carbons (Fsp3) is 0.286. The zero-order valence-electron chi connectivity index (χ0n) is 20.7. The van der Waals surface area contributed by atoms with Crippen molar-refractivity contribution < 1.29 is 23.1 Å². The predicted octanol–water partition coefficient (Wildman–Crippen LogP) is 6.59. The number of aromatic nitrogens is 3. The molecule has 4 aromatic rings. The van der Waals surface area contributed by atoms with Gasteiger partial charge in [-0.05, 0) is 42.5 Å². The third kappa shape index (κ3) is 5.90. The number of anilines is 2. The van der Waals surface area contributed by atoms with Crippen LogP contribution in [0.25, 0.3) is 22.0 Å². The van der Waals surface area contributed by atoms with Gasteiger partial charge in [0.25, 0.3) is 6.43 Å². The van der Waals surface area contributed by atoms with E-state index in [0.29, 0.717) is 35.5 Å². The molecular weight excluding hydrogens is 531 g/mol. The molecule has 5 rings (SSSR count). The molecule has 0 aliphatic carbocycles. The van der Waals surface area contributed by atoms with E-state index in [1.54, 1.807) is 24.5 Å². The number of hydrogen-bond donors (Lipinski definition) is 2. The number of carboxylic acids is 1. The summed E-state index contributed by atoms with van der Waals surface area (Å²) in [5.41, 5.74) is 2.00. The highest BCUT2D eigenvalue weighted by molar-refractivity contribution is 6.34. The van der Waals surface area contributed by atoms with Crippen LogP contribution in [0.1, 0.15) is 30.9 Å². The smallest absolute Gasteiger partial charge is 0.303 e. The van der Waals surface area contributed by atoms with E-state index >= 15 is 0 Å². The van der Waals surface area contributed by atoms with Gasteiger partial charge in [-0.3, -0.25) is 9.78 Å². The molecule has 1 aliphatic rings. The lowest BCUT2D eigenvalue weighted by Crippen LogP contribution is -2.35. The summed E-state index contributed by atoms with van der Waals surface area (Å²) in [6, 6.07) is 9.10. The summed E-state index contributed by atoms with van der Waals surface area (Å²) in [6.07, 6.45) is 3.52. The highest BCUT2D eigenvalue weighted by Crippen LogP contribution is 2.37. The zero-order chi connectivity index (χ0) is 27.5. The van der Waals surface area contributed by atoms with Gasteiger partial charge < -0.3 is 15.3 Å². The Labute approximate surface area is 227 Å². The van der Waals surface area contributed by atoms with Crippen LogP contribution in [0.2, 0.25) is 5.02 Å². The maximum Gasteiger partial charge on any atom is 0.303 e. The summed E-state index contributed by atoms with van der Waals surface area (Å²) in [5.74, 6) is -0.808. The second-order valence-electron chi connectivity index (χ2n) is 9.49. The number of carbonyl (C=O) groups is 1. The Balaban J connectivity index is 1.41. The molecular formula is C28H25ClF3N5O2. The summed E-state index contributed by atoms with van der Waals surface area (Å²) in [7, 11) is 0. The highest BCUT2D eigenvalue weighted by atomic mass is 35.5. The van der Waals surface area contributed by atoms with Crippen molar-refractivity contribution in [3.8, 4) is 11.1 Å². The minimum Gasteiger partial charge on any atom is -0.481 e. The first-order chi connectivity index (χ1) is 18.8. The molecule has 0 saturated carbocycles. The number of piperidine rings is 1. The molecule has 7 nitrogen and oxygen atoms in total. The summed E-state index contributed by atoms with van der Waals surface area (Å²) in [5, 5.41) is 12.4. The Morgan fingerprint density at radius 1 is 1.05 bits per heavy atom. The van der Waals surface area contributed by atoms with Crippen molar-refractivity contribution >= 4 is 40.1 Å². The number of alkyl halides is 2. The first kappa shape index (κ1) is 26.7. The summed E-state index contributed by atoms with van der Waals surface area (Å²) in [6.45, 7) is 1.36. The van der Waals surface area contributed by atoms with Crippen molar-refractivity contribution in [1.29, 1.82) is 0 Å². The molecule has 11 heteroatoms. The van der Waals surface area contributed by atoms with Gasteiger partial charge in [0.15, 0.2) is 0 Å². The largest absolute Gasteiger partial charge is 0.481 e. The van der Waals surface area contributed by atoms with Gasteiger partial charge in [0.1, 0.15) is 11.9 Å². The minimum atomic E-state index is -2.90. The Kier molecular flexibility index (Phi) is 7.83. The van der Waals surface area contributed by atoms with Crippen molar-refractivity contribution in [2.45, 2.75) is 31.7 Å². The third-order valence-electron chi connectivity index (χ3n) is 6.95. The molecule has 3 heterocycles. The number of halogens is 4. The predicted molar refractivity (Wildman–Crippen MR) is 144 cm³/mol. The van der Waals surface area contributed by atoms with Gasteiger partial charge in [0.2, 0.25) is 5.95 Å².